The maximum Gasteiger partial charge on any atom is 0.314 e. The average molecular weight is 172 g/mol. The van der Waals surface area contributed by atoms with Crippen molar-refractivity contribution in [3.8, 4) is 0 Å². The summed E-state index contributed by atoms with van der Waals surface area (Å²) in [4.78, 5) is 11.4. The molecule has 0 atom stereocenters. The lowest BCUT2D eigenvalue weighted by atomic mass is 9.60. The monoisotopic (exact) mass is 172 g/mol. The predicted octanol–water partition coefficient (Wildman–Crippen LogP) is 1.10. The van der Waals surface area contributed by atoms with Crippen LogP contribution in [0.1, 0.15) is 33.1 Å². The van der Waals surface area contributed by atoms with E-state index in [0.717, 1.165) is 19.3 Å². The van der Waals surface area contributed by atoms with Crippen LogP contribution >= 0.6 is 0 Å². The largest absolute Gasteiger partial charge is 0.469 e. The zero-order valence-corrected chi connectivity index (χ0v) is 7.89. The lowest BCUT2D eigenvalue weighted by Crippen LogP contribution is -2.54. The van der Waals surface area contributed by atoms with Crippen molar-refractivity contribution in [1.29, 1.82) is 0 Å². The van der Waals surface area contributed by atoms with Gasteiger partial charge in [-0.05, 0) is 26.7 Å². The van der Waals surface area contributed by atoms with Crippen molar-refractivity contribution in [2.45, 2.75) is 38.7 Å². The maximum absolute atomic E-state index is 11.4. The third-order valence-corrected chi connectivity index (χ3v) is 2.95. The number of aliphatic hydroxyl groups is 1. The number of methoxy groups -OCH3 is 1. The summed E-state index contributed by atoms with van der Waals surface area (Å²) in [5.74, 6) is -0.277. The molecule has 0 radical (unpaired) electrons. The van der Waals surface area contributed by atoms with E-state index in [1.807, 2.05) is 0 Å². The molecule has 1 saturated carbocycles. The van der Waals surface area contributed by atoms with Gasteiger partial charge in [-0.15, -0.1) is 0 Å². The molecule has 0 spiro atoms. The molecule has 0 bridgehead atoms. The van der Waals surface area contributed by atoms with Gasteiger partial charge in [0.15, 0.2) is 0 Å². The summed E-state index contributed by atoms with van der Waals surface area (Å²) in [5.41, 5.74) is -1.60. The summed E-state index contributed by atoms with van der Waals surface area (Å²) in [6.07, 6.45) is 2.48. The van der Waals surface area contributed by atoms with Crippen molar-refractivity contribution >= 4 is 5.97 Å². The second-order valence-corrected chi connectivity index (χ2v) is 3.99. The van der Waals surface area contributed by atoms with Gasteiger partial charge in [-0.25, -0.2) is 0 Å². The van der Waals surface area contributed by atoms with Crippen molar-refractivity contribution in [2.24, 2.45) is 5.41 Å². The number of carbonyl (C=O) groups is 1. The summed E-state index contributed by atoms with van der Waals surface area (Å²) in [6.45, 7) is 3.34. The van der Waals surface area contributed by atoms with Gasteiger partial charge in [0, 0.05) is 0 Å². The highest BCUT2D eigenvalue weighted by Gasteiger charge is 2.55. The van der Waals surface area contributed by atoms with Crippen LogP contribution in [0.5, 0.6) is 0 Å². The average Bonchev–Trinajstić information content (AvgIpc) is 1.81. The Morgan fingerprint density at radius 2 is 2.00 bits per heavy atom. The Bertz CT molecular complexity index is 186. The Kier molecular flexibility index (Phi) is 2.17. The number of rotatable bonds is 2. The van der Waals surface area contributed by atoms with Gasteiger partial charge in [0.25, 0.3) is 0 Å². The first kappa shape index (κ1) is 9.52. The van der Waals surface area contributed by atoms with Crippen LogP contribution in [0.15, 0.2) is 0 Å². The lowest BCUT2D eigenvalue weighted by molar-refractivity contribution is -0.181. The quantitative estimate of drug-likeness (QED) is 0.634. The highest BCUT2D eigenvalue weighted by atomic mass is 16.5. The minimum absolute atomic E-state index is 0.277. The second-order valence-electron chi connectivity index (χ2n) is 3.99. The summed E-state index contributed by atoms with van der Waals surface area (Å²) in [7, 11) is 1.37. The predicted molar refractivity (Wildman–Crippen MR) is 44.6 cm³/mol. The van der Waals surface area contributed by atoms with Crippen LogP contribution < -0.4 is 0 Å². The van der Waals surface area contributed by atoms with E-state index in [1.54, 1.807) is 13.8 Å². The minimum Gasteiger partial charge on any atom is -0.469 e. The van der Waals surface area contributed by atoms with Crippen molar-refractivity contribution in [3.05, 3.63) is 0 Å². The van der Waals surface area contributed by atoms with E-state index in [1.165, 1.54) is 7.11 Å². The number of esters is 1. The van der Waals surface area contributed by atoms with E-state index >= 15 is 0 Å². The highest BCUT2D eigenvalue weighted by molar-refractivity contribution is 5.79. The Labute approximate surface area is 72.7 Å². The molecule has 0 amide bonds. The third kappa shape index (κ3) is 1.12. The highest BCUT2D eigenvalue weighted by Crippen LogP contribution is 2.49. The van der Waals surface area contributed by atoms with Crippen LogP contribution in [0.3, 0.4) is 0 Å². The summed E-state index contributed by atoms with van der Waals surface area (Å²) < 4.78 is 4.69. The second kappa shape index (κ2) is 2.73. The summed E-state index contributed by atoms with van der Waals surface area (Å²) >= 11 is 0. The number of ether oxygens (including phenoxy) is 1. The molecular formula is C9H16O3. The first-order valence-electron chi connectivity index (χ1n) is 4.25. The Hall–Kier alpha value is -0.570. The van der Waals surface area contributed by atoms with Crippen LogP contribution in [0.4, 0.5) is 0 Å². The fraction of sp³-hybridized carbons (Fsp3) is 0.889. The summed E-state index contributed by atoms with van der Waals surface area (Å²) in [6, 6.07) is 0. The normalized spacial score (nSPS) is 21.3. The molecule has 1 N–H and O–H groups in total. The first-order chi connectivity index (χ1) is 5.44. The fourth-order valence-corrected chi connectivity index (χ4v) is 1.79. The van der Waals surface area contributed by atoms with Gasteiger partial charge < -0.3 is 9.84 Å². The van der Waals surface area contributed by atoms with E-state index in [0.29, 0.717) is 0 Å². The van der Waals surface area contributed by atoms with Crippen molar-refractivity contribution in [2.75, 3.05) is 7.11 Å². The smallest absolute Gasteiger partial charge is 0.314 e. The van der Waals surface area contributed by atoms with Crippen molar-refractivity contribution < 1.29 is 14.6 Å². The molecule has 0 heterocycles. The molecule has 3 heteroatoms. The number of hydrogen-bond donors (Lipinski definition) is 1. The molecule has 0 unspecified atom stereocenters. The first-order valence-corrected chi connectivity index (χ1v) is 4.25. The molecule has 70 valence electrons. The molecule has 0 aliphatic heterocycles. The third-order valence-electron chi connectivity index (χ3n) is 2.95. The molecule has 1 rings (SSSR count). The van der Waals surface area contributed by atoms with Gasteiger partial charge in [-0.1, -0.05) is 6.42 Å². The van der Waals surface area contributed by atoms with Gasteiger partial charge in [0.1, 0.15) is 0 Å². The molecule has 1 aliphatic carbocycles. The van der Waals surface area contributed by atoms with E-state index in [-0.39, 0.29) is 5.97 Å². The molecule has 0 aromatic carbocycles. The molecular weight excluding hydrogens is 156 g/mol. The van der Waals surface area contributed by atoms with Crippen molar-refractivity contribution in [3.63, 3.8) is 0 Å². The zero-order valence-electron chi connectivity index (χ0n) is 7.89. The van der Waals surface area contributed by atoms with E-state index in [9.17, 15) is 9.90 Å². The standard InChI is InChI=1S/C9H16O3/c1-8(2,11)9(5-4-6-9)7(10)12-3/h11H,4-6H2,1-3H3. The van der Waals surface area contributed by atoms with Crippen LogP contribution in [-0.2, 0) is 9.53 Å². The van der Waals surface area contributed by atoms with E-state index < -0.39 is 11.0 Å². The van der Waals surface area contributed by atoms with Gasteiger partial charge in [-0.2, -0.15) is 0 Å². The molecule has 12 heavy (non-hydrogen) atoms. The summed E-state index contributed by atoms with van der Waals surface area (Å²) in [5, 5.41) is 9.79. The maximum atomic E-state index is 11.4. The molecule has 3 nitrogen and oxygen atoms in total. The van der Waals surface area contributed by atoms with E-state index in [4.69, 9.17) is 0 Å². The fourth-order valence-electron chi connectivity index (χ4n) is 1.79. The van der Waals surface area contributed by atoms with Crippen molar-refractivity contribution in [1.82, 2.24) is 0 Å². The lowest BCUT2D eigenvalue weighted by Gasteiger charge is -2.47. The van der Waals surface area contributed by atoms with Gasteiger partial charge in [0.2, 0.25) is 0 Å². The number of carbonyl (C=O) groups excluding carboxylic acids is 1. The van der Waals surface area contributed by atoms with Gasteiger partial charge in [0.05, 0.1) is 18.1 Å². The molecule has 0 saturated heterocycles. The molecule has 1 fully saturated rings. The van der Waals surface area contributed by atoms with E-state index in [2.05, 4.69) is 4.74 Å². The number of hydrogen-bond acceptors (Lipinski definition) is 3. The molecule has 0 aromatic heterocycles. The molecule has 1 aliphatic rings. The van der Waals surface area contributed by atoms with Gasteiger partial charge in [-0.3, -0.25) is 4.79 Å². The van der Waals surface area contributed by atoms with Crippen LogP contribution in [-0.4, -0.2) is 23.8 Å². The van der Waals surface area contributed by atoms with Crippen LogP contribution in [0.2, 0.25) is 0 Å². The Morgan fingerprint density at radius 3 is 2.08 bits per heavy atom. The van der Waals surface area contributed by atoms with Gasteiger partial charge >= 0.3 is 5.97 Å². The molecule has 0 aromatic rings. The SMILES string of the molecule is COC(=O)C1(C(C)(C)O)CCC1. The van der Waals surface area contributed by atoms with Crippen LogP contribution in [0, 0.1) is 5.41 Å². The van der Waals surface area contributed by atoms with Crippen LogP contribution in [0.25, 0.3) is 0 Å². The topological polar surface area (TPSA) is 46.5 Å². The minimum atomic E-state index is -0.960. The zero-order chi connectivity index (χ0) is 9.41. The Morgan fingerprint density at radius 1 is 1.50 bits per heavy atom. The Balaban J connectivity index is 2.83.